The number of hydrogen-bond donors (Lipinski definition) is 2. The molecule has 0 bridgehead atoms. The van der Waals surface area contributed by atoms with Gasteiger partial charge in [-0.05, 0) is 31.5 Å². The number of carbonyl (C=O) groups excluding carboxylic acids is 1. The maximum Gasteiger partial charge on any atom is 0.323 e. The van der Waals surface area contributed by atoms with E-state index in [4.69, 9.17) is 5.73 Å². The average molecular weight is 290 g/mol. The van der Waals surface area contributed by atoms with Gasteiger partial charge < -0.3 is 10.5 Å². The normalized spacial score (nSPS) is 13.1. The zero-order chi connectivity index (χ0) is 14.8. The Morgan fingerprint density at radius 1 is 1.47 bits per heavy atom. The zero-order valence-corrected chi connectivity index (χ0v) is 11.5. The number of anilines is 1. The lowest BCUT2D eigenvalue weighted by atomic mass is 10.2. The number of nitrogen functional groups attached to an aromatic ring is 1. The zero-order valence-electron chi connectivity index (χ0n) is 10.7. The molecule has 0 saturated carbocycles. The van der Waals surface area contributed by atoms with E-state index in [0.717, 1.165) is 19.2 Å². The number of esters is 1. The van der Waals surface area contributed by atoms with Gasteiger partial charge in [-0.3, -0.25) is 4.79 Å². The lowest BCUT2D eigenvalue weighted by Crippen LogP contribution is -2.39. The Hall–Kier alpha value is -1.67. The summed E-state index contributed by atoms with van der Waals surface area (Å²) >= 11 is 0. The Balaban J connectivity index is 3.11. The highest BCUT2D eigenvalue weighted by Gasteiger charge is 2.23. The first-order chi connectivity index (χ1) is 8.69. The SMILES string of the molecule is COC(=O)C(C)NS(=O)(=O)c1cc(C)c(F)c(N)c1. The number of carbonyl (C=O) groups is 1. The lowest BCUT2D eigenvalue weighted by molar-refractivity contribution is -0.142. The van der Waals surface area contributed by atoms with Crippen LogP contribution in [0.5, 0.6) is 0 Å². The fraction of sp³-hybridized carbons (Fsp3) is 0.364. The molecule has 0 aliphatic rings. The van der Waals surface area contributed by atoms with Crippen LogP contribution in [-0.2, 0) is 19.6 Å². The second kappa shape index (κ2) is 5.54. The van der Waals surface area contributed by atoms with Gasteiger partial charge in [-0.2, -0.15) is 4.72 Å². The Bertz CT molecular complexity index is 578. The van der Waals surface area contributed by atoms with Crippen molar-refractivity contribution < 1.29 is 22.3 Å². The van der Waals surface area contributed by atoms with Crippen LogP contribution in [-0.4, -0.2) is 27.5 Å². The fourth-order valence-corrected chi connectivity index (χ4v) is 2.76. The summed E-state index contributed by atoms with van der Waals surface area (Å²) in [6, 6.07) is 1.08. The number of halogens is 1. The highest BCUT2D eigenvalue weighted by molar-refractivity contribution is 7.89. The molecule has 0 radical (unpaired) electrons. The van der Waals surface area contributed by atoms with Gasteiger partial charge in [0.25, 0.3) is 0 Å². The molecular formula is C11H15FN2O4S. The summed E-state index contributed by atoms with van der Waals surface area (Å²) in [4.78, 5) is 11.0. The first-order valence-electron chi connectivity index (χ1n) is 5.35. The van der Waals surface area contributed by atoms with Crippen molar-refractivity contribution in [1.29, 1.82) is 0 Å². The monoisotopic (exact) mass is 290 g/mol. The summed E-state index contributed by atoms with van der Waals surface area (Å²) < 4.78 is 43.8. The van der Waals surface area contributed by atoms with E-state index >= 15 is 0 Å². The number of ether oxygens (including phenoxy) is 1. The van der Waals surface area contributed by atoms with Crippen molar-refractivity contribution >= 4 is 21.7 Å². The number of nitrogens with two attached hydrogens (primary N) is 1. The molecule has 1 unspecified atom stereocenters. The molecule has 0 aliphatic carbocycles. The number of sulfonamides is 1. The first-order valence-corrected chi connectivity index (χ1v) is 6.83. The number of benzene rings is 1. The van der Waals surface area contributed by atoms with E-state index < -0.39 is 27.9 Å². The molecule has 6 nitrogen and oxygen atoms in total. The Morgan fingerprint density at radius 2 is 2.05 bits per heavy atom. The van der Waals surface area contributed by atoms with E-state index in [1.54, 1.807) is 0 Å². The minimum atomic E-state index is -3.97. The van der Waals surface area contributed by atoms with Crippen LogP contribution in [0.3, 0.4) is 0 Å². The van der Waals surface area contributed by atoms with E-state index in [0.29, 0.717) is 0 Å². The fourth-order valence-electron chi connectivity index (χ4n) is 1.44. The lowest BCUT2D eigenvalue weighted by Gasteiger charge is -2.13. The van der Waals surface area contributed by atoms with E-state index in [2.05, 4.69) is 9.46 Å². The minimum Gasteiger partial charge on any atom is -0.468 e. The van der Waals surface area contributed by atoms with Crippen LogP contribution in [0, 0.1) is 12.7 Å². The topological polar surface area (TPSA) is 98.5 Å². The summed E-state index contributed by atoms with van der Waals surface area (Å²) in [5, 5.41) is 0. The predicted octanol–water partition coefficient (Wildman–Crippen LogP) is 0.556. The van der Waals surface area contributed by atoms with Crippen LogP contribution in [0.1, 0.15) is 12.5 Å². The summed E-state index contributed by atoms with van der Waals surface area (Å²) in [6.07, 6.45) is 0. The Morgan fingerprint density at radius 3 is 2.53 bits per heavy atom. The molecule has 0 fully saturated rings. The van der Waals surface area contributed by atoms with Gasteiger partial charge in [0, 0.05) is 0 Å². The molecule has 1 rings (SSSR count). The number of rotatable bonds is 4. The van der Waals surface area contributed by atoms with Crippen molar-refractivity contribution in [1.82, 2.24) is 4.72 Å². The largest absolute Gasteiger partial charge is 0.468 e. The van der Waals surface area contributed by atoms with E-state index in [9.17, 15) is 17.6 Å². The van der Waals surface area contributed by atoms with Crippen molar-refractivity contribution in [2.75, 3.05) is 12.8 Å². The minimum absolute atomic E-state index is 0.103. The smallest absolute Gasteiger partial charge is 0.323 e. The molecule has 1 atom stereocenters. The Labute approximate surface area is 110 Å². The molecule has 19 heavy (non-hydrogen) atoms. The number of hydrogen-bond acceptors (Lipinski definition) is 5. The van der Waals surface area contributed by atoms with Gasteiger partial charge in [0.2, 0.25) is 10.0 Å². The molecule has 0 aliphatic heterocycles. The summed E-state index contributed by atoms with van der Waals surface area (Å²) in [6.45, 7) is 2.73. The van der Waals surface area contributed by atoms with Crippen LogP contribution in [0.25, 0.3) is 0 Å². The van der Waals surface area contributed by atoms with Gasteiger partial charge in [-0.25, -0.2) is 12.8 Å². The van der Waals surface area contributed by atoms with Crippen LogP contribution in [0.2, 0.25) is 0 Å². The van der Waals surface area contributed by atoms with Gasteiger partial charge in [-0.15, -0.1) is 0 Å². The van der Waals surface area contributed by atoms with Crippen molar-refractivity contribution in [3.8, 4) is 0 Å². The molecule has 1 aromatic rings. The second-order valence-electron chi connectivity index (χ2n) is 4.01. The summed E-state index contributed by atoms with van der Waals surface area (Å²) in [5.41, 5.74) is 5.21. The van der Waals surface area contributed by atoms with Gasteiger partial charge in [0.1, 0.15) is 11.9 Å². The molecule has 1 aromatic carbocycles. The third-order valence-electron chi connectivity index (χ3n) is 2.45. The van der Waals surface area contributed by atoms with Crippen LogP contribution >= 0.6 is 0 Å². The highest BCUT2D eigenvalue weighted by atomic mass is 32.2. The third-order valence-corrected chi connectivity index (χ3v) is 3.97. The molecule has 8 heteroatoms. The van der Waals surface area contributed by atoms with E-state index in [1.165, 1.54) is 13.8 Å². The maximum absolute atomic E-state index is 13.3. The first kappa shape index (κ1) is 15.4. The molecule has 0 amide bonds. The van der Waals surface area contributed by atoms with Crippen molar-refractivity contribution in [3.63, 3.8) is 0 Å². The van der Waals surface area contributed by atoms with Crippen LogP contribution < -0.4 is 10.5 Å². The highest BCUT2D eigenvalue weighted by Crippen LogP contribution is 2.20. The number of methoxy groups -OCH3 is 1. The van der Waals surface area contributed by atoms with E-state index in [-0.39, 0.29) is 16.1 Å². The van der Waals surface area contributed by atoms with Gasteiger partial charge >= 0.3 is 5.97 Å². The molecule has 106 valence electrons. The summed E-state index contributed by atoms with van der Waals surface area (Å²) in [7, 11) is -2.83. The number of nitrogens with one attached hydrogen (secondary N) is 1. The van der Waals surface area contributed by atoms with Crippen molar-refractivity contribution in [2.24, 2.45) is 0 Å². The van der Waals surface area contributed by atoms with Crippen LogP contribution in [0.4, 0.5) is 10.1 Å². The van der Waals surface area contributed by atoms with Gasteiger partial charge in [0.15, 0.2) is 0 Å². The van der Waals surface area contributed by atoms with Crippen LogP contribution in [0.15, 0.2) is 17.0 Å². The molecule has 0 heterocycles. The number of aryl methyl sites for hydroxylation is 1. The maximum atomic E-state index is 13.3. The average Bonchev–Trinajstić information content (AvgIpc) is 2.33. The summed E-state index contributed by atoms with van der Waals surface area (Å²) in [5.74, 6) is -1.39. The standard InChI is InChI=1S/C11H15FN2O4S/c1-6-4-8(5-9(13)10(6)12)19(16,17)14-7(2)11(15)18-3/h4-5,7,14H,13H2,1-3H3. The van der Waals surface area contributed by atoms with Gasteiger partial charge in [-0.1, -0.05) is 0 Å². The Kier molecular flexibility index (Phi) is 4.48. The molecule has 3 N–H and O–H groups in total. The third kappa shape index (κ3) is 3.42. The van der Waals surface area contributed by atoms with Gasteiger partial charge in [0.05, 0.1) is 17.7 Å². The predicted molar refractivity (Wildman–Crippen MR) is 67.3 cm³/mol. The van der Waals surface area contributed by atoms with Crippen molar-refractivity contribution in [2.45, 2.75) is 24.8 Å². The quantitative estimate of drug-likeness (QED) is 0.623. The van der Waals surface area contributed by atoms with E-state index in [1.807, 2.05) is 0 Å². The molecule has 0 spiro atoms. The molecule has 0 aromatic heterocycles. The second-order valence-corrected chi connectivity index (χ2v) is 5.72. The molecular weight excluding hydrogens is 275 g/mol. The molecule has 0 saturated heterocycles. The van der Waals surface area contributed by atoms with Crippen molar-refractivity contribution in [3.05, 3.63) is 23.5 Å².